The van der Waals surface area contributed by atoms with Gasteiger partial charge in [0.25, 0.3) is 5.91 Å². The number of anilines is 1. The van der Waals surface area contributed by atoms with Crippen LogP contribution in [0.5, 0.6) is 5.75 Å². The van der Waals surface area contributed by atoms with Crippen molar-refractivity contribution < 1.29 is 19.1 Å². The Labute approximate surface area is 147 Å². The number of benzene rings is 1. The Morgan fingerprint density at radius 3 is 2.24 bits per heavy atom. The van der Waals surface area contributed by atoms with E-state index in [0.29, 0.717) is 11.4 Å². The molecule has 1 unspecified atom stereocenters. The third kappa shape index (κ3) is 3.25. The van der Waals surface area contributed by atoms with Crippen molar-refractivity contribution in [2.75, 3.05) is 12.0 Å². The second-order valence-electron chi connectivity index (χ2n) is 7.64. The van der Waals surface area contributed by atoms with Crippen LogP contribution in [0.3, 0.4) is 0 Å². The van der Waals surface area contributed by atoms with Gasteiger partial charge in [0.2, 0.25) is 11.8 Å². The van der Waals surface area contributed by atoms with Crippen LogP contribution in [0.15, 0.2) is 24.3 Å². The monoisotopic (exact) mass is 344 g/mol. The van der Waals surface area contributed by atoms with E-state index in [9.17, 15) is 14.4 Å². The summed E-state index contributed by atoms with van der Waals surface area (Å²) in [5.41, 5.74) is -0.0121. The number of amides is 3. The van der Waals surface area contributed by atoms with Gasteiger partial charge in [0.1, 0.15) is 11.8 Å². The molecule has 0 radical (unpaired) electrons. The first kappa shape index (κ1) is 17.5. The summed E-state index contributed by atoms with van der Waals surface area (Å²) in [5, 5.41) is 0. The van der Waals surface area contributed by atoms with Crippen molar-refractivity contribution in [1.29, 1.82) is 0 Å². The van der Waals surface area contributed by atoms with Crippen LogP contribution in [0.2, 0.25) is 0 Å². The van der Waals surface area contributed by atoms with E-state index in [4.69, 9.17) is 4.74 Å². The molecular weight excluding hydrogens is 320 g/mol. The van der Waals surface area contributed by atoms with Crippen LogP contribution >= 0.6 is 0 Å². The summed E-state index contributed by atoms with van der Waals surface area (Å²) in [5.74, 6) is 0.0177. The number of nitrogens with zero attached hydrogens (tertiary/aromatic N) is 2. The topological polar surface area (TPSA) is 66.9 Å². The van der Waals surface area contributed by atoms with Crippen molar-refractivity contribution in [3.63, 3.8) is 0 Å². The lowest BCUT2D eigenvalue weighted by Gasteiger charge is -2.39. The average Bonchev–Trinajstić information content (AvgIpc) is 3.34. The van der Waals surface area contributed by atoms with E-state index in [1.54, 1.807) is 36.3 Å². The van der Waals surface area contributed by atoms with Gasteiger partial charge in [-0.05, 0) is 57.9 Å². The number of methoxy groups -OCH3 is 1. The molecule has 1 saturated heterocycles. The Balaban J connectivity index is 1.89. The number of carbonyl (C=O) groups excluding carboxylic acids is 3. The highest BCUT2D eigenvalue weighted by molar-refractivity contribution is 6.23. The largest absolute Gasteiger partial charge is 0.497 e. The van der Waals surface area contributed by atoms with Gasteiger partial charge in [-0.3, -0.25) is 14.4 Å². The molecule has 1 aromatic carbocycles. The van der Waals surface area contributed by atoms with Crippen molar-refractivity contribution in [2.24, 2.45) is 5.92 Å². The molecule has 0 aromatic heterocycles. The fourth-order valence-electron chi connectivity index (χ4n) is 3.30. The van der Waals surface area contributed by atoms with Crippen molar-refractivity contribution in [3.8, 4) is 5.75 Å². The molecule has 1 heterocycles. The van der Waals surface area contributed by atoms with E-state index in [1.807, 2.05) is 20.8 Å². The Morgan fingerprint density at radius 2 is 1.76 bits per heavy atom. The molecule has 1 aliphatic heterocycles. The molecule has 0 N–H and O–H groups in total. The maximum atomic E-state index is 13.0. The van der Waals surface area contributed by atoms with Gasteiger partial charge in [-0.15, -0.1) is 0 Å². The molecule has 0 bridgehead atoms. The Bertz CT molecular complexity index is 701. The highest BCUT2D eigenvalue weighted by Crippen LogP contribution is 2.37. The highest BCUT2D eigenvalue weighted by atomic mass is 16.5. The molecule has 0 spiro atoms. The van der Waals surface area contributed by atoms with E-state index >= 15 is 0 Å². The third-order valence-electron chi connectivity index (χ3n) is 4.65. The van der Waals surface area contributed by atoms with E-state index in [-0.39, 0.29) is 30.1 Å². The summed E-state index contributed by atoms with van der Waals surface area (Å²) in [4.78, 5) is 41.1. The maximum absolute atomic E-state index is 13.0. The zero-order valence-electron chi connectivity index (χ0n) is 15.1. The molecule has 1 aromatic rings. The molecule has 3 amide bonds. The average molecular weight is 344 g/mol. The van der Waals surface area contributed by atoms with Crippen LogP contribution in [-0.2, 0) is 14.4 Å². The molecule has 1 aliphatic carbocycles. The highest BCUT2D eigenvalue weighted by Gasteiger charge is 2.49. The zero-order valence-corrected chi connectivity index (χ0v) is 15.1. The van der Waals surface area contributed by atoms with Crippen molar-refractivity contribution in [1.82, 2.24) is 4.90 Å². The zero-order chi connectivity index (χ0) is 18.4. The molecule has 25 heavy (non-hydrogen) atoms. The van der Waals surface area contributed by atoms with Gasteiger partial charge < -0.3 is 9.64 Å². The molecule has 2 fully saturated rings. The number of imide groups is 1. The van der Waals surface area contributed by atoms with Gasteiger partial charge in [0.05, 0.1) is 19.2 Å². The van der Waals surface area contributed by atoms with Gasteiger partial charge in [-0.25, -0.2) is 4.90 Å². The second kappa shape index (κ2) is 6.17. The first-order chi connectivity index (χ1) is 11.7. The SMILES string of the molecule is COc1ccc(N2C(=O)CC(N(C(=O)C3CC3)C(C)(C)C)C2=O)cc1. The summed E-state index contributed by atoms with van der Waals surface area (Å²) in [6.45, 7) is 5.71. The van der Waals surface area contributed by atoms with Gasteiger partial charge in [0, 0.05) is 11.5 Å². The van der Waals surface area contributed by atoms with E-state index in [2.05, 4.69) is 0 Å². The lowest BCUT2D eigenvalue weighted by Crippen LogP contribution is -2.55. The molecule has 2 aliphatic rings. The number of hydrogen-bond acceptors (Lipinski definition) is 4. The molecule has 1 saturated carbocycles. The van der Waals surface area contributed by atoms with Crippen LogP contribution < -0.4 is 9.64 Å². The quantitative estimate of drug-likeness (QED) is 0.787. The molecule has 134 valence electrons. The minimum atomic E-state index is -0.734. The molecule has 1 atom stereocenters. The summed E-state index contributed by atoms with van der Waals surface area (Å²) >= 11 is 0. The minimum Gasteiger partial charge on any atom is -0.497 e. The van der Waals surface area contributed by atoms with Crippen LogP contribution in [-0.4, -0.2) is 41.3 Å². The Kier molecular flexibility index (Phi) is 4.31. The van der Waals surface area contributed by atoms with E-state index < -0.39 is 11.6 Å². The minimum absolute atomic E-state index is 0.00263. The van der Waals surface area contributed by atoms with Crippen molar-refractivity contribution >= 4 is 23.4 Å². The van der Waals surface area contributed by atoms with Crippen molar-refractivity contribution in [2.45, 2.75) is 51.6 Å². The number of ether oxygens (including phenoxy) is 1. The molecule has 6 heteroatoms. The van der Waals surface area contributed by atoms with Crippen LogP contribution in [0.1, 0.15) is 40.0 Å². The molecule has 3 rings (SSSR count). The summed E-state index contributed by atoms with van der Waals surface area (Å²) < 4.78 is 5.11. The summed E-state index contributed by atoms with van der Waals surface area (Å²) in [6.07, 6.45) is 1.76. The third-order valence-corrected chi connectivity index (χ3v) is 4.65. The van der Waals surface area contributed by atoms with Crippen molar-refractivity contribution in [3.05, 3.63) is 24.3 Å². The maximum Gasteiger partial charge on any atom is 0.257 e. The first-order valence-electron chi connectivity index (χ1n) is 8.58. The number of rotatable bonds is 4. The smallest absolute Gasteiger partial charge is 0.257 e. The van der Waals surface area contributed by atoms with E-state index in [1.165, 1.54) is 4.90 Å². The van der Waals surface area contributed by atoms with E-state index in [0.717, 1.165) is 12.8 Å². The Morgan fingerprint density at radius 1 is 1.16 bits per heavy atom. The molecule has 6 nitrogen and oxygen atoms in total. The second-order valence-corrected chi connectivity index (χ2v) is 7.64. The normalized spacial score (nSPS) is 20.8. The predicted octanol–water partition coefficient (Wildman–Crippen LogP) is 2.36. The van der Waals surface area contributed by atoms with Gasteiger partial charge in [-0.2, -0.15) is 0 Å². The Hall–Kier alpha value is -2.37. The van der Waals surface area contributed by atoms with Crippen LogP contribution in [0.25, 0.3) is 0 Å². The van der Waals surface area contributed by atoms with Gasteiger partial charge in [0.15, 0.2) is 0 Å². The summed E-state index contributed by atoms with van der Waals surface area (Å²) in [7, 11) is 1.56. The fraction of sp³-hybridized carbons (Fsp3) is 0.526. The lowest BCUT2D eigenvalue weighted by atomic mass is 10.0. The number of hydrogen-bond donors (Lipinski definition) is 0. The first-order valence-corrected chi connectivity index (χ1v) is 8.58. The van der Waals surface area contributed by atoms with Crippen LogP contribution in [0.4, 0.5) is 5.69 Å². The summed E-state index contributed by atoms with van der Waals surface area (Å²) in [6, 6.07) is 6.05. The number of carbonyl (C=O) groups is 3. The fourth-order valence-corrected chi connectivity index (χ4v) is 3.30. The molecular formula is C19H24N2O4. The lowest BCUT2D eigenvalue weighted by molar-refractivity contribution is -0.145. The van der Waals surface area contributed by atoms with Gasteiger partial charge >= 0.3 is 0 Å². The predicted molar refractivity (Wildman–Crippen MR) is 93.2 cm³/mol. The standard InChI is InChI=1S/C19H24N2O4/c1-19(2,3)21(17(23)12-5-6-12)15-11-16(22)20(18(15)24)13-7-9-14(25-4)10-8-13/h7-10,12,15H,5-6,11H2,1-4H3. The van der Waals surface area contributed by atoms with Gasteiger partial charge in [-0.1, -0.05) is 0 Å². The van der Waals surface area contributed by atoms with Crippen LogP contribution in [0, 0.1) is 5.92 Å².